The van der Waals surface area contributed by atoms with Gasteiger partial charge in [-0.3, -0.25) is 4.99 Å². The second-order valence-electron chi connectivity index (χ2n) is 8.86. The molecule has 2 unspecified atom stereocenters. The minimum Gasteiger partial charge on any atom is -0.493 e. The number of likely N-dealkylation sites (tertiary alicyclic amines) is 1. The molecule has 0 aliphatic carbocycles. The van der Waals surface area contributed by atoms with Crippen LogP contribution >= 0.6 is 24.0 Å². The number of fused-ring (bicyclic) bond motifs is 1. The van der Waals surface area contributed by atoms with Crippen molar-refractivity contribution >= 4 is 36.0 Å². The first-order chi connectivity index (χ1) is 13.8. The second-order valence-corrected chi connectivity index (χ2v) is 8.86. The van der Waals surface area contributed by atoms with Gasteiger partial charge < -0.3 is 25.4 Å². The van der Waals surface area contributed by atoms with Crippen molar-refractivity contribution in [1.82, 2.24) is 10.2 Å². The lowest BCUT2D eigenvalue weighted by Crippen LogP contribution is -2.43. The number of halogens is 1. The van der Waals surface area contributed by atoms with E-state index in [9.17, 15) is 4.79 Å². The lowest BCUT2D eigenvalue weighted by molar-refractivity contribution is 0.0163. The van der Waals surface area contributed by atoms with Crippen molar-refractivity contribution in [3.63, 3.8) is 0 Å². The van der Waals surface area contributed by atoms with Gasteiger partial charge in [0.2, 0.25) is 0 Å². The maximum Gasteiger partial charge on any atom is 0.410 e. The van der Waals surface area contributed by atoms with Gasteiger partial charge in [0, 0.05) is 31.6 Å². The minimum atomic E-state index is -0.461. The van der Waals surface area contributed by atoms with Crippen molar-refractivity contribution in [3.05, 3.63) is 29.8 Å². The molecule has 0 saturated carbocycles. The zero-order chi connectivity index (χ0) is 20.9. The molecule has 30 heavy (non-hydrogen) atoms. The molecule has 0 spiro atoms. The molecule has 2 heterocycles. The summed E-state index contributed by atoms with van der Waals surface area (Å²) in [6.07, 6.45) is 3.66. The van der Waals surface area contributed by atoms with Crippen molar-refractivity contribution in [3.8, 4) is 5.75 Å². The van der Waals surface area contributed by atoms with Gasteiger partial charge in [-0.05, 0) is 52.0 Å². The molecule has 3 N–H and O–H groups in total. The Hall–Kier alpha value is -1.71. The van der Waals surface area contributed by atoms with E-state index in [1.54, 1.807) is 0 Å². The number of carbonyl (C=O) groups is 1. The molecule has 3 rings (SSSR count). The molecule has 1 saturated heterocycles. The van der Waals surface area contributed by atoms with Gasteiger partial charge in [-0.1, -0.05) is 18.2 Å². The van der Waals surface area contributed by atoms with E-state index in [-0.39, 0.29) is 36.1 Å². The standard InChI is InChI=1S/C22H34N4O3.HI/c1-22(2,3)29-21(27)26-13-6-7-16(15-26)10-12-24-20(23)25-18-11-14-28-19-9-5-4-8-17(18)19;/h4-5,8-9,16,18H,6-7,10-15H2,1-3H3,(H3,23,24,25);1H. The number of nitrogens with zero attached hydrogens (tertiary/aromatic N) is 2. The van der Waals surface area contributed by atoms with E-state index >= 15 is 0 Å². The van der Waals surface area contributed by atoms with Crippen LogP contribution in [0.5, 0.6) is 5.75 Å². The molecule has 2 aliphatic heterocycles. The van der Waals surface area contributed by atoms with Gasteiger partial charge >= 0.3 is 6.09 Å². The Morgan fingerprint density at radius 2 is 2.10 bits per heavy atom. The van der Waals surface area contributed by atoms with Gasteiger partial charge in [0.1, 0.15) is 11.4 Å². The van der Waals surface area contributed by atoms with Crippen LogP contribution in [-0.2, 0) is 4.74 Å². The van der Waals surface area contributed by atoms with Gasteiger partial charge in [-0.15, -0.1) is 24.0 Å². The van der Waals surface area contributed by atoms with Crippen molar-refractivity contribution < 1.29 is 14.3 Å². The molecule has 2 atom stereocenters. The molecule has 1 aromatic rings. The third-order valence-corrected chi connectivity index (χ3v) is 5.27. The summed E-state index contributed by atoms with van der Waals surface area (Å²) >= 11 is 0. The first-order valence-electron chi connectivity index (χ1n) is 10.6. The third kappa shape index (κ3) is 7.21. The number of piperidine rings is 1. The second kappa shape index (κ2) is 11.1. The maximum absolute atomic E-state index is 12.3. The van der Waals surface area contributed by atoms with E-state index in [2.05, 4.69) is 16.4 Å². The highest BCUT2D eigenvalue weighted by molar-refractivity contribution is 14.0. The van der Waals surface area contributed by atoms with E-state index in [0.29, 0.717) is 25.0 Å². The van der Waals surface area contributed by atoms with Gasteiger partial charge in [-0.2, -0.15) is 0 Å². The fraction of sp³-hybridized carbons (Fsp3) is 0.636. The number of nitrogens with two attached hydrogens (primary N) is 1. The summed E-state index contributed by atoms with van der Waals surface area (Å²) in [6.45, 7) is 8.50. The molecular weight excluding hydrogens is 495 g/mol. The van der Waals surface area contributed by atoms with Gasteiger partial charge in [-0.25, -0.2) is 4.79 Å². The van der Waals surface area contributed by atoms with Crippen molar-refractivity contribution in [2.45, 2.75) is 58.1 Å². The van der Waals surface area contributed by atoms with Crippen LogP contribution in [-0.4, -0.2) is 48.8 Å². The number of hydrogen-bond acceptors (Lipinski definition) is 4. The Bertz CT molecular complexity index is 735. The van der Waals surface area contributed by atoms with E-state index in [1.165, 1.54) is 0 Å². The van der Waals surface area contributed by atoms with Gasteiger partial charge in [0.25, 0.3) is 0 Å². The largest absolute Gasteiger partial charge is 0.493 e. The van der Waals surface area contributed by atoms with Crippen LogP contribution in [0.1, 0.15) is 58.1 Å². The van der Waals surface area contributed by atoms with Gasteiger partial charge in [0.15, 0.2) is 5.96 Å². The van der Waals surface area contributed by atoms with E-state index in [0.717, 1.165) is 50.1 Å². The SMILES string of the molecule is CC(C)(C)OC(=O)N1CCCC(CCN=C(N)NC2CCOc3ccccc32)C1.I. The van der Waals surface area contributed by atoms with E-state index in [1.807, 2.05) is 43.9 Å². The molecule has 7 nitrogen and oxygen atoms in total. The quantitative estimate of drug-likeness (QED) is 0.348. The molecular formula is C22H35IN4O3. The van der Waals surface area contributed by atoms with Crippen molar-refractivity contribution in [1.29, 1.82) is 0 Å². The monoisotopic (exact) mass is 530 g/mol. The van der Waals surface area contributed by atoms with Crippen LogP contribution in [0.3, 0.4) is 0 Å². The minimum absolute atomic E-state index is 0. The smallest absolute Gasteiger partial charge is 0.410 e. The fourth-order valence-corrected chi connectivity index (χ4v) is 3.88. The Balaban J connectivity index is 0.00000320. The van der Waals surface area contributed by atoms with Crippen LogP contribution in [0.25, 0.3) is 0 Å². The molecule has 0 bridgehead atoms. The summed E-state index contributed by atoms with van der Waals surface area (Å²) in [6, 6.07) is 8.15. The zero-order valence-electron chi connectivity index (χ0n) is 18.2. The number of rotatable bonds is 4. The number of aliphatic imine (C=N–C) groups is 1. The summed E-state index contributed by atoms with van der Waals surface area (Å²) in [4.78, 5) is 18.6. The van der Waals surface area contributed by atoms with Crippen LogP contribution in [0, 0.1) is 5.92 Å². The number of amides is 1. The van der Waals surface area contributed by atoms with Crippen LogP contribution < -0.4 is 15.8 Å². The highest BCUT2D eigenvalue weighted by Crippen LogP contribution is 2.31. The maximum atomic E-state index is 12.3. The number of para-hydroxylation sites is 1. The van der Waals surface area contributed by atoms with Gasteiger partial charge in [0.05, 0.1) is 12.6 Å². The molecule has 0 radical (unpaired) electrons. The Kier molecular flexibility index (Phi) is 9.06. The number of guanidine groups is 1. The number of hydrogen-bond donors (Lipinski definition) is 2. The van der Waals surface area contributed by atoms with Crippen LogP contribution in [0.15, 0.2) is 29.3 Å². The van der Waals surface area contributed by atoms with E-state index < -0.39 is 5.60 Å². The number of carbonyl (C=O) groups excluding carboxylic acids is 1. The molecule has 168 valence electrons. The lowest BCUT2D eigenvalue weighted by atomic mass is 9.95. The van der Waals surface area contributed by atoms with Crippen molar-refractivity contribution in [2.75, 3.05) is 26.2 Å². The number of ether oxygens (including phenoxy) is 2. The molecule has 0 aromatic heterocycles. The summed E-state index contributed by atoms with van der Waals surface area (Å²) in [7, 11) is 0. The van der Waals surface area contributed by atoms with Crippen molar-refractivity contribution in [2.24, 2.45) is 16.6 Å². The summed E-state index contributed by atoms with van der Waals surface area (Å²) < 4.78 is 11.2. The molecule has 1 amide bonds. The Morgan fingerprint density at radius 3 is 2.87 bits per heavy atom. The Morgan fingerprint density at radius 1 is 1.33 bits per heavy atom. The lowest BCUT2D eigenvalue weighted by Gasteiger charge is -2.34. The highest BCUT2D eigenvalue weighted by atomic mass is 127. The molecule has 8 heteroatoms. The molecule has 2 aliphatic rings. The molecule has 1 aromatic carbocycles. The highest BCUT2D eigenvalue weighted by Gasteiger charge is 2.27. The van der Waals surface area contributed by atoms with E-state index in [4.69, 9.17) is 15.2 Å². The first-order valence-corrected chi connectivity index (χ1v) is 10.6. The number of nitrogens with one attached hydrogen (secondary N) is 1. The summed E-state index contributed by atoms with van der Waals surface area (Å²) in [5.74, 6) is 1.80. The first kappa shape index (κ1) is 24.6. The Labute approximate surface area is 196 Å². The third-order valence-electron chi connectivity index (χ3n) is 5.27. The average molecular weight is 530 g/mol. The summed E-state index contributed by atoms with van der Waals surface area (Å²) in [5.41, 5.74) is 6.80. The number of benzene rings is 1. The zero-order valence-corrected chi connectivity index (χ0v) is 20.6. The summed E-state index contributed by atoms with van der Waals surface area (Å²) in [5, 5.41) is 3.33. The molecule has 1 fully saturated rings. The fourth-order valence-electron chi connectivity index (χ4n) is 3.88. The average Bonchev–Trinajstić information content (AvgIpc) is 2.67. The van der Waals surface area contributed by atoms with Crippen LogP contribution in [0.4, 0.5) is 4.79 Å². The normalized spacial score (nSPS) is 21.7. The topological polar surface area (TPSA) is 89.2 Å². The van der Waals surface area contributed by atoms with Crippen LogP contribution in [0.2, 0.25) is 0 Å². The predicted octanol–water partition coefficient (Wildman–Crippen LogP) is 4.07. The predicted molar refractivity (Wildman–Crippen MR) is 129 cm³/mol.